The summed E-state index contributed by atoms with van der Waals surface area (Å²) in [6.45, 7) is 1.34. The summed E-state index contributed by atoms with van der Waals surface area (Å²) in [6.07, 6.45) is 2.69. The number of benzene rings is 1. The molecule has 1 fully saturated rings. The maximum absolute atomic E-state index is 12.4. The number of hydrogen-bond acceptors (Lipinski definition) is 2. The Kier molecular flexibility index (Phi) is 5.01. The standard InChI is InChI=1S/C15H18ClNO3/c16-13-6-2-1-5-12(13)15(20)17-9-3-4-11(10-17)7-8-14(18)19/h1-2,5-6,11H,3-4,7-10H2,(H,18,19)/t11-/m1/s1. The summed E-state index contributed by atoms with van der Waals surface area (Å²) >= 11 is 6.05. The molecule has 0 spiro atoms. The highest BCUT2D eigenvalue weighted by Crippen LogP contribution is 2.24. The molecular formula is C15H18ClNO3. The van der Waals surface area contributed by atoms with Crippen LogP contribution in [0.3, 0.4) is 0 Å². The number of piperidine rings is 1. The van der Waals surface area contributed by atoms with Crippen LogP contribution in [0.1, 0.15) is 36.0 Å². The Labute approximate surface area is 123 Å². The maximum Gasteiger partial charge on any atom is 0.303 e. The molecule has 0 aliphatic carbocycles. The van der Waals surface area contributed by atoms with Crippen molar-refractivity contribution in [1.29, 1.82) is 0 Å². The Balaban J connectivity index is 2.00. The molecule has 20 heavy (non-hydrogen) atoms. The Morgan fingerprint density at radius 1 is 1.35 bits per heavy atom. The molecule has 1 saturated heterocycles. The predicted octanol–water partition coefficient (Wildman–Crippen LogP) is 3.06. The van der Waals surface area contributed by atoms with Gasteiger partial charge >= 0.3 is 5.97 Å². The van der Waals surface area contributed by atoms with Gasteiger partial charge in [-0.2, -0.15) is 0 Å². The van der Waals surface area contributed by atoms with E-state index in [0.29, 0.717) is 30.1 Å². The van der Waals surface area contributed by atoms with Gasteiger partial charge in [0.25, 0.3) is 5.91 Å². The van der Waals surface area contributed by atoms with E-state index in [1.807, 2.05) is 0 Å². The second-order valence-electron chi connectivity index (χ2n) is 5.17. The van der Waals surface area contributed by atoms with E-state index in [-0.39, 0.29) is 18.2 Å². The van der Waals surface area contributed by atoms with Crippen molar-refractivity contribution in [1.82, 2.24) is 4.90 Å². The summed E-state index contributed by atoms with van der Waals surface area (Å²) in [6, 6.07) is 7.03. The van der Waals surface area contributed by atoms with Crippen LogP contribution in [0.2, 0.25) is 5.02 Å². The van der Waals surface area contributed by atoms with Crippen LogP contribution in [-0.4, -0.2) is 35.0 Å². The van der Waals surface area contributed by atoms with Crippen LogP contribution >= 0.6 is 11.6 Å². The minimum absolute atomic E-state index is 0.0596. The SMILES string of the molecule is O=C(O)CC[C@H]1CCCN(C(=O)c2ccccc2Cl)C1. The van der Waals surface area contributed by atoms with Gasteiger partial charge in [-0.15, -0.1) is 0 Å². The second-order valence-corrected chi connectivity index (χ2v) is 5.58. The molecule has 0 bridgehead atoms. The van der Waals surface area contributed by atoms with Crippen LogP contribution in [0.5, 0.6) is 0 Å². The highest BCUT2D eigenvalue weighted by molar-refractivity contribution is 6.33. The summed E-state index contributed by atoms with van der Waals surface area (Å²) in [5.74, 6) is -0.568. The Morgan fingerprint density at radius 2 is 2.10 bits per heavy atom. The average Bonchev–Trinajstić information content (AvgIpc) is 2.45. The second kappa shape index (κ2) is 6.75. The molecule has 1 atom stereocenters. The van der Waals surface area contributed by atoms with Crippen LogP contribution in [0, 0.1) is 5.92 Å². The Bertz CT molecular complexity index is 504. The quantitative estimate of drug-likeness (QED) is 0.929. The van der Waals surface area contributed by atoms with Gasteiger partial charge in [0.05, 0.1) is 10.6 Å². The topological polar surface area (TPSA) is 57.6 Å². The number of carboxylic acids is 1. The molecule has 1 aromatic carbocycles. The minimum Gasteiger partial charge on any atom is -0.481 e. The van der Waals surface area contributed by atoms with E-state index in [1.165, 1.54) is 0 Å². The van der Waals surface area contributed by atoms with Crippen LogP contribution in [0.4, 0.5) is 0 Å². The first kappa shape index (κ1) is 14.9. The van der Waals surface area contributed by atoms with Crippen molar-refractivity contribution in [3.05, 3.63) is 34.9 Å². The maximum atomic E-state index is 12.4. The molecule has 0 radical (unpaired) electrons. The number of carboxylic acid groups (broad SMARTS) is 1. The first-order chi connectivity index (χ1) is 9.58. The molecule has 0 unspecified atom stereocenters. The van der Waals surface area contributed by atoms with Crippen LogP contribution in [0.15, 0.2) is 24.3 Å². The third-order valence-corrected chi connectivity index (χ3v) is 4.01. The molecule has 1 amide bonds. The fraction of sp³-hybridized carbons (Fsp3) is 0.467. The number of rotatable bonds is 4. The number of nitrogens with zero attached hydrogens (tertiary/aromatic N) is 1. The van der Waals surface area contributed by atoms with E-state index in [1.54, 1.807) is 29.2 Å². The molecule has 1 heterocycles. The van der Waals surface area contributed by atoms with Crippen molar-refractivity contribution in [3.63, 3.8) is 0 Å². The Hall–Kier alpha value is -1.55. The fourth-order valence-corrected chi connectivity index (χ4v) is 2.83. The van der Waals surface area contributed by atoms with E-state index < -0.39 is 5.97 Å². The number of carbonyl (C=O) groups excluding carboxylic acids is 1. The van der Waals surface area contributed by atoms with Gasteiger partial charge in [0.15, 0.2) is 0 Å². The zero-order chi connectivity index (χ0) is 14.5. The van der Waals surface area contributed by atoms with Crippen molar-refractivity contribution in [2.24, 2.45) is 5.92 Å². The third kappa shape index (κ3) is 3.73. The van der Waals surface area contributed by atoms with Gasteiger partial charge in [-0.3, -0.25) is 9.59 Å². The van der Waals surface area contributed by atoms with Gasteiger partial charge in [0, 0.05) is 19.5 Å². The van der Waals surface area contributed by atoms with E-state index in [9.17, 15) is 9.59 Å². The summed E-state index contributed by atoms with van der Waals surface area (Å²) in [7, 11) is 0. The third-order valence-electron chi connectivity index (χ3n) is 3.68. The Morgan fingerprint density at radius 3 is 2.80 bits per heavy atom. The molecule has 1 aliphatic heterocycles. The van der Waals surface area contributed by atoms with E-state index in [4.69, 9.17) is 16.7 Å². The average molecular weight is 296 g/mol. The fourth-order valence-electron chi connectivity index (χ4n) is 2.62. The molecular weight excluding hydrogens is 278 g/mol. The summed E-state index contributed by atoms with van der Waals surface area (Å²) < 4.78 is 0. The molecule has 4 nitrogen and oxygen atoms in total. The van der Waals surface area contributed by atoms with Crippen molar-refractivity contribution >= 4 is 23.5 Å². The first-order valence-corrected chi connectivity index (χ1v) is 7.21. The molecule has 0 saturated carbocycles. The van der Waals surface area contributed by atoms with Crippen molar-refractivity contribution in [3.8, 4) is 0 Å². The lowest BCUT2D eigenvalue weighted by Gasteiger charge is -2.32. The van der Waals surface area contributed by atoms with E-state index in [0.717, 1.165) is 12.8 Å². The number of likely N-dealkylation sites (tertiary alicyclic amines) is 1. The molecule has 108 valence electrons. The van der Waals surface area contributed by atoms with Gasteiger partial charge in [-0.05, 0) is 37.3 Å². The van der Waals surface area contributed by atoms with Gasteiger partial charge in [-0.25, -0.2) is 0 Å². The van der Waals surface area contributed by atoms with Gasteiger partial charge in [0.2, 0.25) is 0 Å². The van der Waals surface area contributed by atoms with Crippen molar-refractivity contribution in [2.75, 3.05) is 13.1 Å². The molecule has 1 N–H and O–H groups in total. The normalized spacial score (nSPS) is 18.9. The summed E-state index contributed by atoms with van der Waals surface area (Å²) in [5, 5.41) is 9.20. The lowest BCUT2D eigenvalue weighted by atomic mass is 9.93. The van der Waals surface area contributed by atoms with Gasteiger partial charge in [0.1, 0.15) is 0 Å². The number of halogens is 1. The molecule has 1 aliphatic rings. The van der Waals surface area contributed by atoms with Crippen LogP contribution in [0.25, 0.3) is 0 Å². The lowest BCUT2D eigenvalue weighted by Crippen LogP contribution is -2.40. The van der Waals surface area contributed by atoms with Crippen molar-refractivity contribution in [2.45, 2.75) is 25.7 Å². The largest absolute Gasteiger partial charge is 0.481 e. The molecule has 1 aromatic rings. The van der Waals surface area contributed by atoms with E-state index >= 15 is 0 Å². The zero-order valence-corrected chi connectivity index (χ0v) is 12.0. The van der Waals surface area contributed by atoms with Crippen LogP contribution in [-0.2, 0) is 4.79 Å². The number of aliphatic carboxylic acids is 1. The van der Waals surface area contributed by atoms with Gasteiger partial charge < -0.3 is 10.0 Å². The lowest BCUT2D eigenvalue weighted by molar-refractivity contribution is -0.137. The van der Waals surface area contributed by atoms with Crippen molar-refractivity contribution < 1.29 is 14.7 Å². The zero-order valence-electron chi connectivity index (χ0n) is 11.2. The molecule has 2 rings (SSSR count). The summed E-state index contributed by atoms with van der Waals surface area (Å²) in [5.41, 5.74) is 0.521. The minimum atomic E-state index is -0.778. The monoisotopic (exact) mass is 295 g/mol. The number of amides is 1. The van der Waals surface area contributed by atoms with Crippen LogP contribution < -0.4 is 0 Å². The smallest absolute Gasteiger partial charge is 0.303 e. The van der Waals surface area contributed by atoms with E-state index in [2.05, 4.69) is 0 Å². The molecule has 0 aromatic heterocycles. The van der Waals surface area contributed by atoms with Gasteiger partial charge in [-0.1, -0.05) is 23.7 Å². The molecule has 5 heteroatoms. The number of carbonyl (C=O) groups is 2. The highest BCUT2D eigenvalue weighted by Gasteiger charge is 2.25. The summed E-state index contributed by atoms with van der Waals surface area (Å²) in [4.78, 5) is 24.8. The predicted molar refractivity (Wildman–Crippen MR) is 76.9 cm³/mol. The number of hydrogen-bond donors (Lipinski definition) is 1. The first-order valence-electron chi connectivity index (χ1n) is 6.83. The highest BCUT2D eigenvalue weighted by atomic mass is 35.5.